The first kappa shape index (κ1) is 13.2. The van der Waals surface area contributed by atoms with E-state index in [9.17, 15) is 5.26 Å². The Bertz CT molecular complexity index is 678. The zero-order chi connectivity index (χ0) is 14.2. The fourth-order valence-electron chi connectivity index (χ4n) is 2.19. The third-order valence-electron chi connectivity index (χ3n) is 3.42. The van der Waals surface area contributed by atoms with Crippen LogP contribution in [0.5, 0.6) is 5.75 Å². The first-order chi connectivity index (χ1) is 8.99. The molecule has 0 atom stereocenters. The van der Waals surface area contributed by atoms with Gasteiger partial charge in [-0.2, -0.15) is 5.26 Å². The number of aromatic nitrogens is 2. The molecule has 0 fully saturated rings. The predicted octanol–water partition coefficient (Wildman–Crippen LogP) is 2.89. The van der Waals surface area contributed by atoms with Gasteiger partial charge in [-0.3, -0.25) is 0 Å². The van der Waals surface area contributed by atoms with Crippen molar-refractivity contribution < 1.29 is 4.74 Å². The highest BCUT2D eigenvalue weighted by Gasteiger charge is 2.16. The lowest BCUT2D eigenvalue weighted by Crippen LogP contribution is -1.96. The lowest BCUT2D eigenvalue weighted by Gasteiger charge is -2.10. The largest absolute Gasteiger partial charge is 0.496 e. The van der Waals surface area contributed by atoms with Gasteiger partial charge in [-0.1, -0.05) is 0 Å². The van der Waals surface area contributed by atoms with Crippen molar-refractivity contribution >= 4 is 0 Å². The van der Waals surface area contributed by atoms with Crippen LogP contribution in [0.2, 0.25) is 0 Å². The van der Waals surface area contributed by atoms with Crippen molar-refractivity contribution in [2.24, 2.45) is 7.05 Å². The molecule has 1 heterocycles. The molecular weight excluding hydrogens is 238 g/mol. The summed E-state index contributed by atoms with van der Waals surface area (Å²) in [6.07, 6.45) is 0. The number of methoxy groups -OCH3 is 1. The third kappa shape index (κ3) is 2.08. The molecule has 0 radical (unpaired) electrons. The molecule has 0 bridgehead atoms. The number of aryl methyl sites for hydroxylation is 3. The molecule has 0 aliphatic carbocycles. The van der Waals surface area contributed by atoms with E-state index in [1.807, 2.05) is 44.5 Å². The molecule has 1 aromatic heterocycles. The number of imidazole rings is 1. The molecule has 19 heavy (non-hydrogen) atoms. The van der Waals surface area contributed by atoms with Crippen LogP contribution in [-0.2, 0) is 7.05 Å². The molecule has 2 rings (SSSR count). The Morgan fingerprint density at radius 1 is 1.21 bits per heavy atom. The van der Waals surface area contributed by atoms with E-state index in [0.717, 1.165) is 34.0 Å². The summed E-state index contributed by atoms with van der Waals surface area (Å²) in [6, 6.07) is 6.23. The van der Waals surface area contributed by atoms with E-state index < -0.39 is 0 Å². The van der Waals surface area contributed by atoms with Gasteiger partial charge >= 0.3 is 0 Å². The fourth-order valence-corrected chi connectivity index (χ4v) is 2.19. The van der Waals surface area contributed by atoms with Gasteiger partial charge in [-0.15, -0.1) is 0 Å². The highest BCUT2D eigenvalue weighted by atomic mass is 16.5. The van der Waals surface area contributed by atoms with Crippen molar-refractivity contribution in [1.82, 2.24) is 9.55 Å². The van der Waals surface area contributed by atoms with Gasteiger partial charge in [-0.25, -0.2) is 4.98 Å². The molecule has 0 saturated heterocycles. The zero-order valence-electron chi connectivity index (χ0n) is 11.9. The zero-order valence-corrected chi connectivity index (χ0v) is 11.9. The number of hydrogen-bond donors (Lipinski definition) is 0. The predicted molar refractivity (Wildman–Crippen MR) is 74.1 cm³/mol. The average Bonchev–Trinajstić information content (AvgIpc) is 2.67. The maximum atomic E-state index is 9.30. The number of hydrogen-bond acceptors (Lipinski definition) is 3. The van der Waals surface area contributed by atoms with Crippen molar-refractivity contribution in [3.63, 3.8) is 0 Å². The Hall–Kier alpha value is -2.28. The molecule has 98 valence electrons. The van der Waals surface area contributed by atoms with Gasteiger partial charge in [-0.05, 0) is 44.0 Å². The van der Waals surface area contributed by atoms with E-state index in [-0.39, 0.29) is 0 Å². The van der Waals surface area contributed by atoms with Crippen molar-refractivity contribution in [3.05, 3.63) is 34.8 Å². The summed E-state index contributed by atoms with van der Waals surface area (Å²) >= 11 is 0. The minimum Gasteiger partial charge on any atom is -0.496 e. The van der Waals surface area contributed by atoms with E-state index in [4.69, 9.17) is 4.74 Å². The Kier molecular flexibility index (Phi) is 3.30. The van der Waals surface area contributed by atoms with E-state index in [2.05, 4.69) is 11.1 Å². The third-order valence-corrected chi connectivity index (χ3v) is 3.42. The topological polar surface area (TPSA) is 50.8 Å². The van der Waals surface area contributed by atoms with E-state index >= 15 is 0 Å². The molecule has 1 aromatic carbocycles. The van der Waals surface area contributed by atoms with Crippen molar-refractivity contribution in [2.45, 2.75) is 20.8 Å². The van der Waals surface area contributed by atoms with E-state index in [1.165, 1.54) is 0 Å². The number of benzene rings is 1. The van der Waals surface area contributed by atoms with Crippen molar-refractivity contribution in [2.75, 3.05) is 7.11 Å². The van der Waals surface area contributed by atoms with Crippen LogP contribution < -0.4 is 4.74 Å². The Labute approximate surface area is 113 Å². The molecule has 0 unspecified atom stereocenters. The number of nitrogens with zero attached hydrogens (tertiary/aromatic N) is 3. The molecule has 0 aliphatic rings. The van der Waals surface area contributed by atoms with Crippen LogP contribution in [0.15, 0.2) is 12.1 Å². The lowest BCUT2D eigenvalue weighted by molar-refractivity contribution is 0.411. The maximum Gasteiger partial charge on any atom is 0.147 e. The SMILES string of the molecule is COc1cc(C)c(-c2nc(C)n(C)c2C#N)cc1C. The molecule has 0 aliphatic heterocycles. The summed E-state index contributed by atoms with van der Waals surface area (Å²) in [6.45, 7) is 5.89. The van der Waals surface area contributed by atoms with Crippen molar-refractivity contribution in [1.29, 1.82) is 5.26 Å². The smallest absolute Gasteiger partial charge is 0.147 e. The summed E-state index contributed by atoms with van der Waals surface area (Å²) in [4.78, 5) is 4.51. The van der Waals surface area contributed by atoms with Gasteiger partial charge in [0.1, 0.15) is 29.0 Å². The Morgan fingerprint density at radius 3 is 2.47 bits per heavy atom. The first-order valence-corrected chi connectivity index (χ1v) is 6.08. The molecule has 0 amide bonds. The van der Waals surface area contributed by atoms with Crippen LogP contribution >= 0.6 is 0 Å². The van der Waals surface area contributed by atoms with Gasteiger partial charge in [0.15, 0.2) is 0 Å². The van der Waals surface area contributed by atoms with Crippen LogP contribution in [0.3, 0.4) is 0 Å². The van der Waals surface area contributed by atoms with Crippen LogP contribution in [0.1, 0.15) is 22.6 Å². The van der Waals surface area contributed by atoms with Crippen molar-refractivity contribution in [3.8, 4) is 23.1 Å². The molecule has 0 N–H and O–H groups in total. The first-order valence-electron chi connectivity index (χ1n) is 6.08. The molecule has 4 nitrogen and oxygen atoms in total. The summed E-state index contributed by atoms with van der Waals surface area (Å²) in [5, 5.41) is 9.30. The second-order valence-electron chi connectivity index (χ2n) is 4.66. The van der Waals surface area contributed by atoms with Gasteiger partial charge in [0.05, 0.1) is 7.11 Å². The summed E-state index contributed by atoms with van der Waals surface area (Å²) < 4.78 is 7.13. The number of rotatable bonds is 2. The van der Waals surface area contributed by atoms with Gasteiger partial charge in [0, 0.05) is 12.6 Å². The highest BCUT2D eigenvalue weighted by molar-refractivity contribution is 5.71. The van der Waals surface area contributed by atoms with Gasteiger partial charge in [0.25, 0.3) is 0 Å². The summed E-state index contributed by atoms with van der Waals surface area (Å²) in [5.74, 6) is 1.69. The second-order valence-corrected chi connectivity index (χ2v) is 4.66. The number of ether oxygens (including phenoxy) is 1. The van der Waals surface area contributed by atoms with Crippen LogP contribution in [-0.4, -0.2) is 16.7 Å². The summed E-state index contributed by atoms with van der Waals surface area (Å²) in [7, 11) is 3.52. The molecule has 0 saturated carbocycles. The Morgan fingerprint density at radius 2 is 1.89 bits per heavy atom. The van der Waals surface area contributed by atoms with Gasteiger partial charge < -0.3 is 9.30 Å². The molecular formula is C15H17N3O. The Balaban J connectivity index is 2.70. The summed E-state index contributed by atoms with van der Waals surface area (Å²) in [5.41, 5.74) is 4.40. The molecule has 4 heteroatoms. The quantitative estimate of drug-likeness (QED) is 0.829. The normalized spacial score (nSPS) is 10.3. The van der Waals surface area contributed by atoms with Crippen LogP contribution in [0.25, 0.3) is 11.3 Å². The fraction of sp³-hybridized carbons (Fsp3) is 0.333. The lowest BCUT2D eigenvalue weighted by atomic mass is 10.0. The van der Waals surface area contributed by atoms with Crippen LogP contribution in [0, 0.1) is 32.1 Å². The molecule has 2 aromatic rings. The minimum absolute atomic E-state index is 0.588. The standard InChI is InChI=1S/C15H17N3O/c1-9-7-14(19-5)10(2)6-12(9)15-13(8-16)18(4)11(3)17-15/h6-7H,1-5H3. The van der Waals surface area contributed by atoms with E-state index in [1.54, 1.807) is 7.11 Å². The van der Waals surface area contributed by atoms with Gasteiger partial charge in [0.2, 0.25) is 0 Å². The highest BCUT2D eigenvalue weighted by Crippen LogP contribution is 2.31. The van der Waals surface area contributed by atoms with E-state index in [0.29, 0.717) is 5.69 Å². The monoisotopic (exact) mass is 255 g/mol. The number of nitriles is 1. The maximum absolute atomic E-state index is 9.30. The molecule has 0 spiro atoms. The average molecular weight is 255 g/mol. The second kappa shape index (κ2) is 4.77. The van der Waals surface area contributed by atoms with Crippen LogP contribution in [0.4, 0.5) is 0 Å². The minimum atomic E-state index is 0.588.